The molecule has 0 aromatic carbocycles. The SMILES string of the molecule is NCC1CCc2nc(N3CCCC3)ncc2C1. The lowest BCUT2D eigenvalue weighted by Crippen LogP contribution is -2.25. The molecular formula is C13H20N4. The van der Waals surface area contributed by atoms with Crippen molar-refractivity contribution in [3.8, 4) is 0 Å². The number of aromatic nitrogens is 2. The highest BCUT2D eigenvalue weighted by Gasteiger charge is 2.21. The molecular weight excluding hydrogens is 212 g/mol. The lowest BCUT2D eigenvalue weighted by molar-refractivity contribution is 0.461. The Hall–Kier alpha value is -1.16. The number of rotatable bonds is 2. The molecule has 4 heteroatoms. The summed E-state index contributed by atoms with van der Waals surface area (Å²) in [5, 5.41) is 0. The van der Waals surface area contributed by atoms with Crippen molar-refractivity contribution in [1.29, 1.82) is 0 Å². The number of fused-ring (bicyclic) bond motifs is 1. The smallest absolute Gasteiger partial charge is 0.225 e. The van der Waals surface area contributed by atoms with Gasteiger partial charge in [-0.3, -0.25) is 0 Å². The van der Waals surface area contributed by atoms with Gasteiger partial charge in [0.2, 0.25) is 5.95 Å². The lowest BCUT2D eigenvalue weighted by Gasteiger charge is -2.24. The molecule has 0 radical (unpaired) electrons. The van der Waals surface area contributed by atoms with E-state index in [-0.39, 0.29) is 0 Å². The molecule has 92 valence electrons. The van der Waals surface area contributed by atoms with E-state index < -0.39 is 0 Å². The zero-order valence-corrected chi connectivity index (χ0v) is 10.2. The van der Waals surface area contributed by atoms with Gasteiger partial charge in [0.1, 0.15) is 0 Å². The van der Waals surface area contributed by atoms with Crippen molar-refractivity contribution in [3.63, 3.8) is 0 Å². The zero-order valence-electron chi connectivity index (χ0n) is 10.2. The van der Waals surface area contributed by atoms with Gasteiger partial charge in [-0.1, -0.05) is 0 Å². The number of hydrogen-bond donors (Lipinski definition) is 1. The van der Waals surface area contributed by atoms with E-state index in [1.165, 1.54) is 30.5 Å². The molecule has 3 rings (SSSR count). The fourth-order valence-electron chi connectivity index (χ4n) is 2.84. The van der Waals surface area contributed by atoms with Crippen molar-refractivity contribution in [1.82, 2.24) is 9.97 Å². The first-order valence-corrected chi connectivity index (χ1v) is 6.66. The van der Waals surface area contributed by atoms with Crippen LogP contribution in [0.4, 0.5) is 5.95 Å². The molecule has 0 spiro atoms. The quantitative estimate of drug-likeness (QED) is 0.831. The second-order valence-corrected chi connectivity index (χ2v) is 5.18. The highest BCUT2D eigenvalue weighted by molar-refractivity contribution is 5.35. The van der Waals surface area contributed by atoms with Crippen LogP contribution in [0.1, 0.15) is 30.5 Å². The van der Waals surface area contributed by atoms with Crippen molar-refractivity contribution >= 4 is 5.95 Å². The summed E-state index contributed by atoms with van der Waals surface area (Å²) in [5.74, 6) is 1.57. The van der Waals surface area contributed by atoms with Crippen molar-refractivity contribution in [2.75, 3.05) is 24.5 Å². The van der Waals surface area contributed by atoms with Gasteiger partial charge in [-0.05, 0) is 50.1 Å². The summed E-state index contributed by atoms with van der Waals surface area (Å²) >= 11 is 0. The molecule has 1 atom stereocenters. The zero-order chi connectivity index (χ0) is 11.7. The first-order valence-electron chi connectivity index (χ1n) is 6.66. The van der Waals surface area contributed by atoms with Crippen LogP contribution >= 0.6 is 0 Å². The fourth-order valence-corrected chi connectivity index (χ4v) is 2.84. The minimum Gasteiger partial charge on any atom is -0.341 e. The molecule has 0 bridgehead atoms. The van der Waals surface area contributed by atoms with Crippen molar-refractivity contribution in [2.45, 2.75) is 32.1 Å². The third-order valence-electron chi connectivity index (χ3n) is 3.96. The molecule has 1 aliphatic heterocycles. The van der Waals surface area contributed by atoms with Crippen LogP contribution in [0.3, 0.4) is 0 Å². The Morgan fingerprint density at radius 1 is 1.35 bits per heavy atom. The van der Waals surface area contributed by atoms with Crippen LogP contribution in [0, 0.1) is 5.92 Å². The van der Waals surface area contributed by atoms with Crippen LogP contribution in [0.2, 0.25) is 0 Å². The van der Waals surface area contributed by atoms with E-state index >= 15 is 0 Å². The maximum atomic E-state index is 5.74. The number of nitrogens with zero attached hydrogens (tertiary/aromatic N) is 3. The number of aryl methyl sites for hydroxylation is 1. The first kappa shape index (κ1) is 11.0. The number of hydrogen-bond acceptors (Lipinski definition) is 4. The van der Waals surface area contributed by atoms with Crippen LogP contribution in [-0.4, -0.2) is 29.6 Å². The summed E-state index contributed by atoms with van der Waals surface area (Å²) in [4.78, 5) is 11.6. The molecule has 4 nitrogen and oxygen atoms in total. The molecule has 2 aliphatic rings. The standard InChI is InChI=1S/C13H20N4/c14-8-10-3-4-12-11(7-10)9-15-13(16-12)17-5-1-2-6-17/h9-10H,1-8,14H2. The maximum absolute atomic E-state index is 5.74. The van der Waals surface area contributed by atoms with Crippen LogP contribution in [-0.2, 0) is 12.8 Å². The van der Waals surface area contributed by atoms with Gasteiger partial charge in [-0.15, -0.1) is 0 Å². The second kappa shape index (κ2) is 4.61. The second-order valence-electron chi connectivity index (χ2n) is 5.18. The Labute approximate surface area is 102 Å². The molecule has 1 aromatic heterocycles. The average molecular weight is 232 g/mol. The summed E-state index contributed by atoms with van der Waals surface area (Å²) < 4.78 is 0. The van der Waals surface area contributed by atoms with E-state index in [9.17, 15) is 0 Å². The van der Waals surface area contributed by atoms with Gasteiger partial charge in [0, 0.05) is 25.0 Å². The molecule has 1 saturated heterocycles. The minimum atomic E-state index is 0.628. The number of anilines is 1. The largest absolute Gasteiger partial charge is 0.341 e. The number of nitrogens with two attached hydrogens (primary N) is 1. The molecule has 2 heterocycles. The van der Waals surface area contributed by atoms with Crippen LogP contribution < -0.4 is 10.6 Å². The molecule has 17 heavy (non-hydrogen) atoms. The summed E-state index contributed by atoms with van der Waals surface area (Å²) in [6.07, 6.45) is 7.88. The fraction of sp³-hybridized carbons (Fsp3) is 0.692. The molecule has 1 unspecified atom stereocenters. The third-order valence-corrected chi connectivity index (χ3v) is 3.96. The van der Waals surface area contributed by atoms with Gasteiger partial charge in [-0.25, -0.2) is 9.97 Å². The van der Waals surface area contributed by atoms with Gasteiger partial charge in [-0.2, -0.15) is 0 Å². The Morgan fingerprint density at radius 2 is 2.18 bits per heavy atom. The van der Waals surface area contributed by atoms with Gasteiger partial charge < -0.3 is 10.6 Å². The topological polar surface area (TPSA) is 55.0 Å². The van der Waals surface area contributed by atoms with Gasteiger partial charge in [0.05, 0.1) is 0 Å². The Balaban J connectivity index is 1.82. The van der Waals surface area contributed by atoms with Crippen LogP contribution in [0.5, 0.6) is 0 Å². The average Bonchev–Trinajstić information content (AvgIpc) is 2.91. The summed E-state index contributed by atoms with van der Waals surface area (Å²) in [6.45, 7) is 3.02. The Bertz CT molecular complexity index is 398. The minimum absolute atomic E-state index is 0.628. The summed E-state index contributed by atoms with van der Waals surface area (Å²) in [7, 11) is 0. The lowest BCUT2D eigenvalue weighted by atomic mass is 9.87. The molecule has 0 amide bonds. The molecule has 1 aromatic rings. The monoisotopic (exact) mass is 232 g/mol. The van der Waals surface area contributed by atoms with E-state index in [0.29, 0.717) is 5.92 Å². The molecule has 1 aliphatic carbocycles. The Morgan fingerprint density at radius 3 is 2.94 bits per heavy atom. The summed E-state index contributed by atoms with van der Waals surface area (Å²) in [5.41, 5.74) is 8.31. The van der Waals surface area contributed by atoms with Gasteiger partial charge in [0.25, 0.3) is 0 Å². The van der Waals surface area contributed by atoms with Gasteiger partial charge in [0.15, 0.2) is 0 Å². The molecule has 1 fully saturated rings. The predicted molar refractivity (Wildman–Crippen MR) is 68.0 cm³/mol. The highest BCUT2D eigenvalue weighted by atomic mass is 15.3. The highest BCUT2D eigenvalue weighted by Crippen LogP contribution is 2.25. The van der Waals surface area contributed by atoms with Crippen LogP contribution in [0.25, 0.3) is 0 Å². The summed E-state index contributed by atoms with van der Waals surface area (Å²) in [6, 6.07) is 0. The van der Waals surface area contributed by atoms with Crippen LogP contribution in [0.15, 0.2) is 6.20 Å². The van der Waals surface area contributed by atoms with Gasteiger partial charge >= 0.3 is 0 Å². The van der Waals surface area contributed by atoms with E-state index in [0.717, 1.165) is 38.4 Å². The normalized spacial score (nSPS) is 23.8. The van der Waals surface area contributed by atoms with E-state index in [4.69, 9.17) is 10.7 Å². The molecule has 2 N–H and O–H groups in total. The Kier molecular flexibility index (Phi) is 2.97. The maximum Gasteiger partial charge on any atom is 0.225 e. The van der Waals surface area contributed by atoms with E-state index in [1.807, 2.05) is 6.20 Å². The van der Waals surface area contributed by atoms with Crippen molar-refractivity contribution < 1.29 is 0 Å². The predicted octanol–water partition coefficient (Wildman–Crippen LogP) is 1.14. The van der Waals surface area contributed by atoms with E-state index in [1.54, 1.807) is 0 Å². The van der Waals surface area contributed by atoms with E-state index in [2.05, 4.69) is 9.88 Å². The van der Waals surface area contributed by atoms with Crippen molar-refractivity contribution in [3.05, 3.63) is 17.5 Å². The van der Waals surface area contributed by atoms with Crippen molar-refractivity contribution in [2.24, 2.45) is 11.7 Å². The molecule has 0 saturated carbocycles. The first-order chi connectivity index (χ1) is 8.36. The third kappa shape index (κ3) is 2.14.